The van der Waals surface area contributed by atoms with Gasteiger partial charge in [0.05, 0.1) is 17.9 Å². The number of hydrogen-bond donors (Lipinski definition) is 1. The molecule has 0 fully saturated rings. The van der Waals surface area contributed by atoms with Crippen LogP contribution in [0.4, 0.5) is 20.6 Å². The Morgan fingerprint density at radius 1 is 1.22 bits per heavy atom. The molecule has 0 saturated carbocycles. The van der Waals surface area contributed by atoms with Gasteiger partial charge in [0, 0.05) is 36.3 Å². The third-order valence-corrected chi connectivity index (χ3v) is 4.85. The molecule has 6 nitrogen and oxygen atoms in total. The molecule has 0 saturated heterocycles. The molecule has 2 aromatic carbocycles. The van der Waals surface area contributed by atoms with E-state index in [2.05, 4.69) is 0 Å². The van der Waals surface area contributed by atoms with Crippen LogP contribution in [-0.2, 0) is 6.54 Å². The zero-order chi connectivity index (χ0) is 19.6. The predicted molar refractivity (Wildman–Crippen MR) is 102 cm³/mol. The van der Waals surface area contributed by atoms with Crippen molar-refractivity contribution in [3.05, 3.63) is 58.4 Å². The van der Waals surface area contributed by atoms with Crippen molar-refractivity contribution in [2.24, 2.45) is 0 Å². The number of aliphatic hydroxyl groups is 1. The maximum absolute atomic E-state index is 14.3. The molecule has 0 spiro atoms. The number of nitrogens with zero attached hydrogens (tertiary/aromatic N) is 3. The summed E-state index contributed by atoms with van der Waals surface area (Å²) in [6, 6.07) is 8.93. The number of benzene rings is 2. The molecule has 1 aliphatic rings. The zero-order valence-corrected chi connectivity index (χ0v) is 15.5. The average molecular weight is 392 g/mol. The van der Waals surface area contributed by atoms with Gasteiger partial charge in [-0.05, 0) is 36.8 Å². The molecule has 0 bridgehead atoms. The Labute approximate surface area is 161 Å². The van der Waals surface area contributed by atoms with Crippen LogP contribution >= 0.6 is 11.6 Å². The van der Waals surface area contributed by atoms with Crippen molar-refractivity contribution in [1.82, 2.24) is 5.01 Å². The van der Waals surface area contributed by atoms with Crippen molar-refractivity contribution in [2.75, 3.05) is 30.1 Å². The van der Waals surface area contributed by atoms with Gasteiger partial charge in [-0.25, -0.2) is 14.2 Å². The Kier molecular flexibility index (Phi) is 5.62. The van der Waals surface area contributed by atoms with E-state index in [-0.39, 0.29) is 29.8 Å². The fraction of sp³-hybridized carbons (Fsp3) is 0.263. The van der Waals surface area contributed by atoms with E-state index in [1.807, 2.05) is 0 Å². The number of aldehydes is 1. The van der Waals surface area contributed by atoms with Crippen LogP contribution in [0.15, 0.2) is 36.4 Å². The van der Waals surface area contributed by atoms with Crippen molar-refractivity contribution in [1.29, 1.82) is 0 Å². The molecular weight excluding hydrogens is 373 g/mol. The first-order valence-corrected chi connectivity index (χ1v) is 8.81. The zero-order valence-electron chi connectivity index (χ0n) is 14.7. The standard InChI is InChI=1S/C19H19ClFN3O3/c1-22-17-7-6-13(12-26)10-18(17)23(19(27)24(22)8-3-9-25)11-14-15(20)4-2-5-16(14)21/h2,4-7,10,12,25H,3,8-9,11H2,1H3. The molecule has 0 aliphatic carbocycles. The lowest BCUT2D eigenvalue weighted by Crippen LogP contribution is -2.55. The first-order chi connectivity index (χ1) is 13.0. The molecule has 1 N–H and O–H groups in total. The maximum atomic E-state index is 14.3. The van der Waals surface area contributed by atoms with E-state index in [1.54, 1.807) is 36.3 Å². The van der Waals surface area contributed by atoms with Crippen LogP contribution in [-0.4, -0.2) is 42.6 Å². The Hall–Kier alpha value is -2.64. The third kappa shape index (κ3) is 3.61. The molecular formula is C19H19ClFN3O3. The SMILES string of the molecule is CN1c2ccc(C=O)cc2N(Cc2c(F)cccc2Cl)C(=O)N1CCCO. The van der Waals surface area contributed by atoms with Gasteiger partial charge in [0.25, 0.3) is 0 Å². The predicted octanol–water partition coefficient (Wildman–Crippen LogP) is 3.47. The summed E-state index contributed by atoms with van der Waals surface area (Å²) in [5.41, 5.74) is 1.78. The van der Waals surface area contributed by atoms with E-state index in [4.69, 9.17) is 16.7 Å². The van der Waals surface area contributed by atoms with Crippen LogP contribution in [0.3, 0.4) is 0 Å². The minimum Gasteiger partial charge on any atom is -0.396 e. The number of carbonyl (C=O) groups excluding carboxylic acids is 2. The molecule has 2 amide bonds. The van der Waals surface area contributed by atoms with Gasteiger partial charge in [-0.15, -0.1) is 0 Å². The smallest absolute Gasteiger partial charge is 0.343 e. The Morgan fingerprint density at radius 3 is 2.67 bits per heavy atom. The van der Waals surface area contributed by atoms with Crippen molar-refractivity contribution < 1.29 is 19.1 Å². The van der Waals surface area contributed by atoms with Gasteiger partial charge in [-0.2, -0.15) is 0 Å². The number of anilines is 2. The van der Waals surface area contributed by atoms with Gasteiger partial charge in [0.1, 0.15) is 12.1 Å². The summed E-state index contributed by atoms with van der Waals surface area (Å²) in [6.45, 7) is 0.152. The number of halogens is 2. The number of carbonyl (C=O) groups is 2. The number of hydrazine groups is 1. The summed E-state index contributed by atoms with van der Waals surface area (Å²) in [5.74, 6) is -0.510. The Morgan fingerprint density at radius 2 is 2.00 bits per heavy atom. The van der Waals surface area contributed by atoms with Crippen LogP contribution in [0.25, 0.3) is 0 Å². The van der Waals surface area contributed by atoms with Gasteiger partial charge in [-0.1, -0.05) is 17.7 Å². The summed E-state index contributed by atoms with van der Waals surface area (Å²) < 4.78 is 14.3. The van der Waals surface area contributed by atoms with Crippen LogP contribution < -0.4 is 9.91 Å². The monoisotopic (exact) mass is 391 g/mol. The molecule has 0 atom stereocenters. The summed E-state index contributed by atoms with van der Waals surface area (Å²) in [5, 5.41) is 12.5. The maximum Gasteiger partial charge on any atom is 0.343 e. The number of aliphatic hydroxyl groups excluding tert-OH is 1. The Bertz CT molecular complexity index is 857. The molecule has 1 heterocycles. The van der Waals surface area contributed by atoms with Crippen LogP contribution in [0.1, 0.15) is 22.3 Å². The molecule has 3 rings (SSSR count). The lowest BCUT2D eigenvalue weighted by atomic mass is 10.1. The van der Waals surface area contributed by atoms with E-state index >= 15 is 0 Å². The van der Waals surface area contributed by atoms with E-state index in [1.165, 1.54) is 22.0 Å². The highest BCUT2D eigenvalue weighted by molar-refractivity contribution is 6.31. The lowest BCUT2D eigenvalue weighted by Gasteiger charge is -2.43. The summed E-state index contributed by atoms with van der Waals surface area (Å²) >= 11 is 6.14. The van der Waals surface area contributed by atoms with E-state index < -0.39 is 5.82 Å². The fourth-order valence-electron chi connectivity index (χ4n) is 3.06. The number of hydrogen-bond acceptors (Lipinski definition) is 4. The summed E-state index contributed by atoms with van der Waals surface area (Å²) in [6.07, 6.45) is 1.09. The third-order valence-electron chi connectivity index (χ3n) is 4.49. The largest absolute Gasteiger partial charge is 0.396 e. The van der Waals surface area contributed by atoms with Gasteiger partial charge < -0.3 is 5.11 Å². The highest BCUT2D eigenvalue weighted by Crippen LogP contribution is 2.37. The Balaban J connectivity index is 2.08. The fourth-order valence-corrected chi connectivity index (χ4v) is 3.29. The molecule has 0 unspecified atom stereocenters. The van der Waals surface area contributed by atoms with Gasteiger partial charge >= 0.3 is 6.03 Å². The second-order valence-electron chi connectivity index (χ2n) is 6.16. The van der Waals surface area contributed by atoms with Crippen LogP contribution in [0, 0.1) is 5.82 Å². The number of rotatable bonds is 6. The van der Waals surface area contributed by atoms with Crippen molar-refractivity contribution in [2.45, 2.75) is 13.0 Å². The van der Waals surface area contributed by atoms with Crippen molar-refractivity contribution in [3.8, 4) is 0 Å². The number of fused-ring (bicyclic) bond motifs is 1. The van der Waals surface area contributed by atoms with Crippen LogP contribution in [0.5, 0.6) is 0 Å². The minimum atomic E-state index is -0.510. The minimum absolute atomic E-state index is 0.0618. The highest BCUT2D eigenvalue weighted by Gasteiger charge is 2.34. The molecule has 0 aromatic heterocycles. The van der Waals surface area contributed by atoms with E-state index in [9.17, 15) is 14.0 Å². The first kappa shape index (κ1) is 19.1. The quantitative estimate of drug-likeness (QED) is 0.766. The number of amides is 2. The molecule has 27 heavy (non-hydrogen) atoms. The van der Waals surface area contributed by atoms with E-state index in [0.717, 1.165) is 0 Å². The lowest BCUT2D eigenvalue weighted by molar-refractivity contribution is 0.112. The normalized spacial score (nSPS) is 13.8. The molecule has 1 aliphatic heterocycles. The second kappa shape index (κ2) is 7.94. The van der Waals surface area contributed by atoms with Crippen molar-refractivity contribution >= 4 is 35.3 Å². The first-order valence-electron chi connectivity index (χ1n) is 8.43. The van der Waals surface area contributed by atoms with E-state index in [0.29, 0.717) is 36.2 Å². The van der Waals surface area contributed by atoms with Crippen molar-refractivity contribution in [3.63, 3.8) is 0 Å². The molecule has 8 heteroatoms. The molecule has 0 radical (unpaired) electrons. The summed E-state index contributed by atoms with van der Waals surface area (Å²) in [7, 11) is 1.72. The van der Waals surface area contributed by atoms with Gasteiger partial charge in [0.2, 0.25) is 0 Å². The van der Waals surface area contributed by atoms with Crippen LogP contribution in [0.2, 0.25) is 5.02 Å². The molecule has 2 aromatic rings. The van der Waals surface area contributed by atoms with Gasteiger partial charge in [0.15, 0.2) is 0 Å². The second-order valence-corrected chi connectivity index (χ2v) is 6.57. The topological polar surface area (TPSA) is 64.1 Å². The average Bonchev–Trinajstić information content (AvgIpc) is 2.66. The number of urea groups is 1. The van der Waals surface area contributed by atoms with Gasteiger partial charge in [-0.3, -0.25) is 14.7 Å². The molecule has 142 valence electrons. The highest BCUT2D eigenvalue weighted by atomic mass is 35.5. The summed E-state index contributed by atoms with van der Waals surface area (Å²) in [4.78, 5) is 25.7.